The van der Waals surface area contributed by atoms with Gasteiger partial charge in [-0.05, 0) is 30.9 Å². The molecule has 0 aliphatic heterocycles. The van der Waals surface area contributed by atoms with Crippen LogP contribution in [0.4, 0.5) is 13.9 Å². The highest BCUT2D eigenvalue weighted by Gasteiger charge is 2.28. The Bertz CT molecular complexity index is 725. The van der Waals surface area contributed by atoms with Gasteiger partial charge in [-0.1, -0.05) is 6.07 Å². The van der Waals surface area contributed by atoms with E-state index < -0.39 is 11.6 Å². The number of rotatable bonds is 4. The van der Waals surface area contributed by atoms with Crippen molar-refractivity contribution in [1.29, 1.82) is 0 Å². The number of anilines is 1. The van der Waals surface area contributed by atoms with Gasteiger partial charge in [-0.15, -0.1) is 23.7 Å². The Hall–Kier alpha value is -1.57. The quantitative estimate of drug-likeness (QED) is 0.861. The first-order valence-corrected chi connectivity index (χ1v) is 8.28. The summed E-state index contributed by atoms with van der Waals surface area (Å²) in [6.07, 6.45) is 4.28. The number of nitrogens with zero attached hydrogens (tertiary/aromatic N) is 1. The first-order valence-electron chi connectivity index (χ1n) is 7.46. The zero-order valence-corrected chi connectivity index (χ0v) is 14.4. The molecule has 8 heteroatoms. The fraction of sp³-hybridized carbons (Fsp3) is 0.375. The second-order valence-corrected chi connectivity index (χ2v) is 6.92. The van der Waals surface area contributed by atoms with Crippen LogP contribution in [0, 0.1) is 17.6 Å². The van der Waals surface area contributed by atoms with Crippen molar-refractivity contribution in [2.24, 2.45) is 11.7 Å². The van der Waals surface area contributed by atoms with Crippen LogP contribution in [-0.2, 0) is 11.2 Å². The van der Waals surface area contributed by atoms with Gasteiger partial charge in [0.1, 0.15) is 11.6 Å². The maximum absolute atomic E-state index is 13.7. The van der Waals surface area contributed by atoms with Crippen LogP contribution in [0.1, 0.15) is 29.7 Å². The van der Waals surface area contributed by atoms with E-state index in [4.69, 9.17) is 5.73 Å². The summed E-state index contributed by atoms with van der Waals surface area (Å²) in [5, 5.41) is 3.29. The summed E-state index contributed by atoms with van der Waals surface area (Å²) in [6.45, 7) is 0. The molecule has 1 aliphatic carbocycles. The van der Waals surface area contributed by atoms with Crippen molar-refractivity contribution in [3.8, 4) is 0 Å². The molecule has 1 amide bonds. The topological polar surface area (TPSA) is 68.0 Å². The van der Waals surface area contributed by atoms with E-state index in [1.807, 2.05) is 0 Å². The predicted molar refractivity (Wildman–Crippen MR) is 92.5 cm³/mol. The Balaban J connectivity index is 0.00000208. The fourth-order valence-corrected chi connectivity index (χ4v) is 3.60. The zero-order valence-electron chi connectivity index (χ0n) is 12.8. The van der Waals surface area contributed by atoms with Crippen LogP contribution < -0.4 is 11.1 Å². The maximum Gasteiger partial charge on any atom is 0.229 e. The van der Waals surface area contributed by atoms with Gasteiger partial charge in [-0.3, -0.25) is 4.79 Å². The molecule has 0 spiro atoms. The average Bonchev–Trinajstić information content (AvgIpc) is 3.11. The number of benzene rings is 1. The molecule has 2 unspecified atom stereocenters. The molecule has 4 nitrogen and oxygen atoms in total. The van der Waals surface area contributed by atoms with Crippen LogP contribution in [0.2, 0.25) is 0 Å². The van der Waals surface area contributed by atoms with Gasteiger partial charge in [-0.25, -0.2) is 13.8 Å². The van der Waals surface area contributed by atoms with Crippen LogP contribution in [-0.4, -0.2) is 16.9 Å². The molecule has 1 heterocycles. The molecule has 0 radical (unpaired) electrons. The third-order valence-corrected chi connectivity index (χ3v) is 4.92. The predicted octanol–water partition coefficient (Wildman–Crippen LogP) is 3.50. The molecule has 0 bridgehead atoms. The third kappa shape index (κ3) is 4.49. The minimum absolute atomic E-state index is 0. The molecule has 2 atom stereocenters. The smallest absolute Gasteiger partial charge is 0.229 e. The van der Waals surface area contributed by atoms with Gasteiger partial charge in [0, 0.05) is 35.5 Å². The van der Waals surface area contributed by atoms with Crippen molar-refractivity contribution in [1.82, 2.24) is 4.98 Å². The van der Waals surface area contributed by atoms with E-state index in [-0.39, 0.29) is 30.3 Å². The molecular weight excluding hydrogens is 356 g/mol. The summed E-state index contributed by atoms with van der Waals surface area (Å²) in [7, 11) is 0. The lowest BCUT2D eigenvalue weighted by molar-refractivity contribution is -0.119. The Morgan fingerprint density at radius 2 is 2.17 bits per heavy atom. The Morgan fingerprint density at radius 3 is 2.83 bits per heavy atom. The molecule has 1 aliphatic rings. The SMILES string of the molecule is Cl.NC1CCC(C(=O)Nc2ncc(Cc3ccc(F)cc3F)s2)C1. The minimum Gasteiger partial charge on any atom is -0.328 e. The van der Waals surface area contributed by atoms with Gasteiger partial charge in [-0.2, -0.15) is 0 Å². The molecular formula is C16H18ClF2N3OS. The molecule has 130 valence electrons. The molecule has 1 fully saturated rings. The number of carbonyl (C=O) groups excluding carboxylic acids is 1. The largest absolute Gasteiger partial charge is 0.328 e. The third-order valence-electron chi connectivity index (χ3n) is 4.01. The van der Waals surface area contributed by atoms with Crippen molar-refractivity contribution in [2.45, 2.75) is 31.7 Å². The number of amides is 1. The molecule has 2 aromatic rings. The summed E-state index contributed by atoms with van der Waals surface area (Å²) in [4.78, 5) is 17.1. The average molecular weight is 374 g/mol. The van der Waals surface area contributed by atoms with Crippen molar-refractivity contribution < 1.29 is 13.6 Å². The molecule has 1 saturated carbocycles. The molecule has 24 heavy (non-hydrogen) atoms. The number of nitrogens with one attached hydrogen (secondary N) is 1. The lowest BCUT2D eigenvalue weighted by Crippen LogP contribution is -2.23. The van der Waals surface area contributed by atoms with Crippen LogP contribution in [0.5, 0.6) is 0 Å². The maximum atomic E-state index is 13.7. The fourth-order valence-electron chi connectivity index (χ4n) is 2.76. The lowest BCUT2D eigenvalue weighted by Gasteiger charge is -2.08. The van der Waals surface area contributed by atoms with Crippen LogP contribution >= 0.6 is 23.7 Å². The van der Waals surface area contributed by atoms with E-state index in [1.165, 1.54) is 23.5 Å². The summed E-state index contributed by atoms with van der Waals surface area (Å²) in [6, 6.07) is 3.61. The van der Waals surface area contributed by atoms with Gasteiger partial charge < -0.3 is 11.1 Å². The van der Waals surface area contributed by atoms with E-state index in [0.29, 0.717) is 23.5 Å². The standard InChI is InChI=1S/C16H17F2N3OS.ClH/c17-11-3-1-9(14(18)7-11)6-13-8-20-16(23-13)21-15(22)10-2-4-12(19)5-10;/h1,3,7-8,10,12H,2,4-6,19H2,(H,20,21,22);1H. The molecule has 0 saturated heterocycles. The molecule has 1 aromatic heterocycles. The highest BCUT2D eigenvalue weighted by molar-refractivity contribution is 7.15. The second kappa shape index (κ2) is 8.00. The van der Waals surface area contributed by atoms with E-state index in [9.17, 15) is 13.6 Å². The van der Waals surface area contributed by atoms with Crippen molar-refractivity contribution in [3.63, 3.8) is 0 Å². The normalized spacial score (nSPS) is 19.8. The lowest BCUT2D eigenvalue weighted by atomic mass is 10.1. The first kappa shape index (κ1) is 18.8. The van der Waals surface area contributed by atoms with E-state index >= 15 is 0 Å². The Morgan fingerprint density at radius 1 is 1.38 bits per heavy atom. The number of carbonyl (C=O) groups is 1. The van der Waals surface area contributed by atoms with Gasteiger partial charge >= 0.3 is 0 Å². The number of halogens is 3. The highest BCUT2D eigenvalue weighted by Crippen LogP contribution is 2.27. The summed E-state index contributed by atoms with van der Waals surface area (Å²) >= 11 is 1.29. The van der Waals surface area contributed by atoms with Gasteiger partial charge in [0.25, 0.3) is 0 Å². The van der Waals surface area contributed by atoms with E-state index in [1.54, 1.807) is 6.20 Å². The van der Waals surface area contributed by atoms with Crippen molar-refractivity contribution in [3.05, 3.63) is 46.5 Å². The Labute approximate surface area is 148 Å². The van der Waals surface area contributed by atoms with Crippen LogP contribution in [0.15, 0.2) is 24.4 Å². The summed E-state index contributed by atoms with van der Waals surface area (Å²) < 4.78 is 26.6. The minimum atomic E-state index is -0.599. The van der Waals surface area contributed by atoms with Crippen LogP contribution in [0.3, 0.4) is 0 Å². The highest BCUT2D eigenvalue weighted by atomic mass is 35.5. The number of hydrogen-bond donors (Lipinski definition) is 2. The zero-order chi connectivity index (χ0) is 16.4. The molecule has 3 N–H and O–H groups in total. The Kier molecular flexibility index (Phi) is 6.26. The number of aromatic nitrogens is 1. The van der Waals surface area contributed by atoms with E-state index in [0.717, 1.165) is 23.8 Å². The summed E-state index contributed by atoms with van der Waals surface area (Å²) in [5.74, 6) is -1.30. The van der Waals surface area contributed by atoms with E-state index in [2.05, 4.69) is 10.3 Å². The number of nitrogens with two attached hydrogens (primary N) is 1. The molecule has 1 aromatic carbocycles. The summed E-state index contributed by atoms with van der Waals surface area (Å²) in [5.41, 5.74) is 6.21. The number of thiazole rings is 1. The van der Waals surface area contributed by atoms with Gasteiger partial charge in [0.15, 0.2) is 5.13 Å². The van der Waals surface area contributed by atoms with Crippen LogP contribution in [0.25, 0.3) is 0 Å². The monoisotopic (exact) mass is 373 g/mol. The number of hydrogen-bond acceptors (Lipinski definition) is 4. The first-order chi connectivity index (χ1) is 11.0. The van der Waals surface area contributed by atoms with Crippen molar-refractivity contribution in [2.75, 3.05) is 5.32 Å². The van der Waals surface area contributed by atoms with Gasteiger partial charge in [0.2, 0.25) is 5.91 Å². The molecule has 3 rings (SSSR count). The van der Waals surface area contributed by atoms with Gasteiger partial charge in [0.05, 0.1) is 0 Å². The second-order valence-electron chi connectivity index (χ2n) is 5.80. The van der Waals surface area contributed by atoms with Crippen molar-refractivity contribution >= 4 is 34.8 Å².